The van der Waals surface area contributed by atoms with E-state index < -0.39 is 5.60 Å². The molecule has 2 aromatic rings. The summed E-state index contributed by atoms with van der Waals surface area (Å²) in [6.45, 7) is 5.70. The van der Waals surface area contributed by atoms with E-state index in [1.807, 2.05) is 22.5 Å². The molecule has 1 aliphatic rings. The van der Waals surface area contributed by atoms with E-state index in [9.17, 15) is 5.11 Å². The molecule has 0 aromatic carbocycles. The van der Waals surface area contributed by atoms with Gasteiger partial charge in [0.25, 0.3) is 0 Å². The first-order valence-corrected chi connectivity index (χ1v) is 8.38. The highest BCUT2D eigenvalue weighted by molar-refractivity contribution is 5.02. The molecule has 0 spiro atoms. The van der Waals surface area contributed by atoms with Gasteiger partial charge >= 0.3 is 0 Å². The number of nitrogens with zero attached hydrogens (tertiary/aromatic N) is 6. The van der Waals surface area contributed by atoms with Crippen molar-refractivity contribution < 1.29 is 5.11 Å². The van der Waals surface area contributed by atoms with Crippen LogP contribution in [0.3, 0.4) is 0 Å². The van der Waals surface area contributed by atoms with Crippen LogP contribution in [0.1, 0.15) is 31.3 Å². The second kappa shape index (κ2) is 6.80. The molecule has 23 heavy (non-hydrogen) atoms. The Balaban J connectivity index is 1.58. The van der Waals surface area contributed by atoms with E-state index in [4.69, 9.17) is 0 Å². The highest BCUT2D eigenvalue weighted by Gasteiger charge is 2.34. The van der Waals surface area contributed by atoms with E-state index in [1.165, 1.54) is 5.69 Å². The summed E-state index contributed by atoms with van der Waals surface area (Å²) in [5, 5.41) is 23.3. The molecule has 0 radical (unpaired) electrons. The van der Waals surface area contributed by atoms with Crippen molar-refractivity contribution in [3.63, 3.8) is 0 Å². The van der Waals surface area contributed by atoms with Crippen molar-refractivity contribution in [1.82, 2.24) is 29.4 Å². The van der Waals surface area contributed by atoms with Gasteiger partial charge in [-0.15, -0.1) is 10.2 Å². The normalized spacial score (nSPS) is 22.6. The highest BCUT2D eigenvalue weighted by atomic mass is 16.3. The van der Waals surface area contributed by atoms with Crippen LogP contribution >= 0.6 is 0 Å². The monoisotopic (exact) mass is 318 g/mol. The van der Waals surface area contributed by atoms with Crippen LogP contribution in [0.5, 0.6) is 0 Å². The van der Waals surface area contributed by atoms with Gasteiger partial charge in [-0.25, -0.2) is 0 Å². The minimum absolute atomic E-state index is 0.562. The minimum Gasteiger partial charge on any atom is -0.388 e. The number of piperidine rings is 1. The first kappa shape index (κ1) is 16.1. The van der Waals surface area contributed by atoms with Gasteiger partial charge in [-0.2, -0.15) is 5.10 Å². The van der Waals surface area contributed by atoms with Crippen LogP contribution in [-0.4, -0.2) is 59.8 Å². The Morgan fingerprint density at radius 1 is 1.39 bits per heavy atom. The van der Waals surface area contributed by atoms with Gasteiger partial charge in [0.1, 0.15) is 12.2 Å². The Hall–Kier alpha value is -1.73. The highest BCUT2D eigenvalue weighted by Crippen LogP contribution is 2.24. The SMILES string of the molecule is CCn1nccc1CCN1CCCC(O)(Cc2nncn2C)C1. The third-order valence-electron chi connectivity index (χ3n) is 4.71. The molecule has 1 atom stereocenters. The zero-order chi connectivity index (χ0) is 16.3. The van der Waals surface area contributed by atoms with Crippen LogP contribution in [0.4, 0.5) is 0 Å². The van der Waals surface area contributed by atoms with Crippen LogP contribution in [-0.2, 0) is 26.4 Å². The van der Waals surface area contributed by atoms with Gasteiger partial charge in [-0.1, -0.05) is 0 Å². The Morgan fingerprint density at radius 3 is 3.00 bits per heavy atom. The number of aryl methyl sites for hydroxylation is 2. The van der Waals surface area contributed by atoms with Gasteiger partial charge in [-0.3, -0.25) is 4.68 Å². The molecule has 7 nitrogen and oxygen atoms in total. The largest absolute Gasteiger partial charge is 0.388 e. The second-order valence-corrected chi connectivity index (χ2v) is 6.53. The van der Waals surface area contributed by atoms with Gasteiger partial charge in [0.2, 0.25) is 0 Å². The van der Waals surface area contributed by atoms with Gasteiger partial charge in [-0.05, 0) is 32.4 Å². The summed E-state index contributed by atoms with van der Waals surface area (Å²) < 4.78 is 3.92. The predicted octanol–water partition coefficient (Wildman–Crippen LogP) is 0.644. The van der Waals surface area contributed by atoms with Crippen molar-refractivity contribution in [2.24, 2.45) is 7.05 Å². The maximum absolute atomic E-state index is 11.0. The molecule has 0 aliphatic carbocycles. The summed E-state index contributed by atoms with van der Waals surface area (Å²) in [7, 11) is 1.92. The van der Waals surface area contributed by atoms with Crippen LogP contribution in [0.15, 0.2) is 18.6 Å². The average Bonchev–Trinajstić information content (AvgIpc) is 3.14. The van der Waals surface area contributed by atoms with E-state index in [1.54, 1.807) is 6.33 Å². The third kappa shape index (κ3) is 3.79. The molecular formula is C16H26N6O. The minimum atomic E-state index is -0.704. The van der Waals surface area contributed by atoms with Crippen molar-refractivity contribution in [3.8, 4) is 0 Å². The van der Waals surface area contributed by atoms with Crippen molar-refractivity contribution in [3.05, 3.63) is 30.1 Å². The fourth-order valence-electron chi connectivity index (χ4n) is 3.43. The molecule has 2 aromatic heterocycles. The molecule has 3 rings (SSSR count). The Labute approximate surface area is 136 Å². The summed E-state index contributed by atoms with van der Waals surface area (Å²) in [6, 6.07) is 2.08. The van der Waals surface area contributed by atoms with Gasteiger partial charge < -0.3 is 14.6 Å². The zero-order valence-electron chi connectivity index (χ0n) is 14.0. The molecule has 1 aliphatic heterocycles. The zero-order valence-corrected chi connectivity index (χ0v) is 14.0. The molecule has 1 unspecified atom stereocenters. The number of aliphatic hydroxyl groups is 1. The first-order valence-electron chi connectivity index (χ1n) is 8.38. The Bertz CT molecular complexity index is 636. The summed E-state index contributed by atoms with van der Waals surface area (Å²) >= 11 is 0. The molecular weight excluding hydrogens is 292 g/mol. The lowest BCUT2D eigenvalue weighted by Crippen LogP contribution is -2.50. The van der Waals surface area contributed by atoms with E-state index in [0.717, 1.165) is 44.7 Å². The molecule has 0 amide bonds. The van der Waals surface area contributed by atoms with Crippen molar-refractivity contribution in [1.29, 1.82) is 0 Å². The van der Waals surface area contributed by atoms with E-state index in [0.29, 0.717) is 13.0 Å². The summed E-state index contributed by atoms with van der Waals surface area (Å²) in [6.07, 6.45) is 6.91. The molecule has 126 valence electrons. The van der Waals surface area contributed by atoms with Crippen LogP contribution in [0.2, 0.25) is 0 Å². The summed E-state index contributed by atoms with van der Waals surface area (Å²) in [5.74, 6) is 0.846. The summed E-state index contributed by atoms with van der Waals surface area (Å²) in [5.41, 5.74) is 0.555. The predicted molar refractivity (Wildman–Crippen MR) is 86.9 cm³/mol. The Kier molecular flexibility index (Phi) is 4.77. The van der Waals surface area contributed by atoms with Gasteiger partial charge in [0.05, 0.1) is 5.60 Å². The number of hydrogen-bond acceptors (Lipinski definition) is 5. The van der Waals surface area contributed by atoms with Gasteiger partial charge in [0.15, 0.2) is 0 Å². The lowest BCUT2D eigenvalue weighted by molar-refractivity contribution is -0.0317. The smallest absolute Gasteiger partial charge is 0.135 e. The fourth-order valence-corrected chi connectivity index (χ4v) is 3.43. The maximum atomic E-state index is 11.0. The Morgan fingerprint density at radius 2 is 2.26 bits per heavy atom. The molecule has 7 heteroatoms. The van der Waals surface area contributed by atoms with E-state index in [-0.39, 0.29) is 0 Å². The molecule has 0 saturated carbocycles. The number of rotatable bonds is 6. The number of β-amino-alcohol motifs (C(OH)–C–C–N with tert-alkyl or cyclic N) is 1. The van der Waals surface area contributed by atoms with Crippen LogP contribution in [0, 0.1) is 0 Å². The molecule has 0 bridgehead atoms. The number of aromatic nitrogens is 5. The van der Waals surface area contributed by atoms with Crippen molar-refractivity contribution >= 4 is 0 Å². The standard InChI is InChI=1S/C16H26N6O/c1-3-22-14(5-8-18-22)6-10-21-9-4-7-16(23,12-21)11-15-19-17-13-20(15)2/h5,8,13,23H,3-4,6-7,9-12H2,1-2H3. The third-order valence-corrected chi connectivity index (χ3v) is 4.71. The van der Waals surface area contributed by atoms with Gasteiger partial charge in [0, 0.05) is 51.4 Å². The quantitative estimate of drug-likeness (QED) is 0.846. The maximum Gasteiger partial charge on any atom is 0.135 e. The molecule has 1 fully saturated rings. The van der Waals surface area contributed by atoms with Crippen LogP contribution in [0.25, 0.3) is 0 Å². The summed E-state index contributed by atoms with van der Waals surface area (Å²) in [4.78, 5) is 2.35. The number of hydrogen-bond donors (Lipinski definition) is 1. The first-order chi connectivity index (χ1) is 11.1. The second-order valence-electron chi connectivity index (χ2n) is 6.53. The number of likely N-dealkylation sites (tertiary alicyclic amines) is 1. The van der Waals surface area contributed by atoms with E-state index >= 15 is 0 Å². The molecule has 1 saturated heterocycles. The fraction of sp³-hybridized carbons (Fsp3) is 0.688. The topological polar surface area (TPSA) is 72.0 Å². The van der Waals surface area contributed by atoms with E-state index in [2.05, 4.69) is 33.2 Å². The lowest BCUT2D eigenvalue weighted by Gasteiger charge is -2.39. The van der Waals surface area contributed by atoms with Crippen LogP contribution < -0.4 is 0 Å². The average molecular weight is 318 g/mol. The van der Waals surface area contributed by atoms with Crippen molar-refractivity contribution in [2.75, 3.05) is 19.6 Å². The molecule has 3 heterocycles. The van der Waals surface area contributed by atoms with Crippen molar-refractivity contribution in [2.45, 2.75) is 44.8 Å². The molecule has 1 N–H and O–H groups in total. The lowest BCUT2D eigenvalue weighted by atomic mass is 9.89.